The van der Waals surface area contributed by atoms with Gasteiger partial charge in [-0.1, -0.05) is 18.2 Å². The Bertz CT molecular complexity index is 2260. The van der Waals surface area contributed by atoms with E-state index in [1.165, 1.54) is 0 Å². The highest BCUT2D eigenvalue weighted by Crippen LogP contribution is 2.45. The Morgan fingerprint density at radius 3 is 2.25 bits per heavy atom. The molecule has 0 aliphatic rings. The number of aromatic hydroxyl groups is 1. The van der Waals surface area contributed by atoms with Gasteiger partial charge in [-0.05, 0) is 78.5 Å². The number of fused-ring (bicyclic) bond motifs is 1. The number of phenols is 1. The number of nitrogens with one attached hydrogen (secondary N) is 1. The lowest BCUT2D eigenvalue weighted by atomic mass is 10.1. The van der Waals surface area contributed by atoms with E-state index in [0.29, 0.717) is 54.8 Å². The molecular weight excluding hydrogens is 774 g/mol. The summed E-state index contributed by atoms with van der Waals surface area (Å²) in [6, 6.07) is 27.0. The van der Waals surface area contributed by atoms with Gasteiger partial charge in [-0.2, -0.15) is 54.0 Å². The van der Waals surface area contributed by atoms with Gasteiger partial charge < -0.3 is 15.3 Å². The number of phenolic OH excluding ortho intramolecular Hbond substituents is 1. The highest BCUT2D eigenvalue weighted by Gasteiger charge is 2.19. The number of thiol groups is 5. The van der Waals surface area contributed by atoms with Gasteiger partial charge in [-0.25, -0.2) is 0 Å². The third-order valence-corrected chi connectivity index (χ3v) is 10.4. The first-order chi connectivity index (χ1) is 25.2. The van der Waals surface area contributed by atoms with Crippen molar-refractivity contribution in [1.29, 1.82) is 0 Å². The molecule has 6 aromatic rings. The first-order valence-electron chi connectivity index (χ1n) is 15.6. The minimum atomic E-state index is -0.939. The van der Waals surface area contributed by atoms with Crippen molar-refractivity contribution < 1.29 is 9.50 Å². The summed E-state index contributed by atoms with van der Waals surface area (Å²) in [7, 11) is 0. The second-order valence-corrected chi connectivity index (χ2v) is 14.5. The molecule has 0 amide bonds. The number of benzene rings is 5. The molecule has 10 nitrogen and oxygen atoms in total. The lowest BCUT2D eigenvalue weighted by Crippen LogP contribution is -2.24. The van der Waals surface area contributed by atoms with Crippen LogP contribution in [0.4, 0.5) is 50.4 Å². The second kappa shape index (κ2) is 17.7. The summed E-state index contributed by atoms with van der Waals surface area (Å²) in [5, 5.41) is 32.4. The van der Waals surface area contributed by atoms with Gasteiger partial charge in [0, 0.05) is 54.1 Å². The number of aromatic nitrogens is 3. The zero-order valence-electron chi connectivity index (χ0n) is 27.0. The molecule has 17 heteroatoms. The number of para-hydroxylation sites is 1. The SMILES string of the molecule is Oc1c(N=Nc2ccc(N=Nc3ccc(S)cc3)cc2S)c(S)cc2c(S)c(Nc3nc(F)nc(N(CCSCCS)c4ccccc4)n3)ccc12. The largest absolute Gasteiger partial charge is 0.505 e. The third kappa shape index (κ3) is 9.31. The fraction of sp³-hybridized carbons (Fsp3) is 0.114. The molecule has 52 heavy (non-hydrogen) atoms. The number of nitrogens with zero attached hydrogens (tertiary/aromatic N) is 8. The first kappa shape index (κ1) is 37.7. The summed E-state index contributed by atoms with van der Waals surface area (Å²) >= 11 is 24.2. The minimum absolute atomic E-state index is 0.0102. The molecular formula is C35H30FN9OS6. The molecule has 0 bridgehead atoms. The molecule has 0 saturated carbocycles. The quantitative estimate of drug-likeness (QED) is 0.0352. The molecule has 0 spiro atoms. The highest BCUT2D eigenvalue weighted by atomic mass is 32.2. The van der Waals surface area contributed by atoms with Crippen LogP contribution in [0.5, 0.6) is 5.75 Å². The van der Waals surface area contributed by atoms with E-state index in [-0.39, 0.29) is 23.3 Å². The molecule has 0 aliphatic heterocycles. The summed E-state index contributed by atoms with van der Waals surface area (Å²) in [4.78, 5) is 16.4. The van der Waals surface area contributed by atoms with Crippen molar-refractivity contribution in [2.75, 3.05) is 34.0 Å². The third-order valence-electron chi connectivity index (χ3n) is 7.41. The van der Waals surface area contributed by atoms with Crippen LogP contribution in [0.25, 0.3) is 10.8 Å². The summed E-state index contributed by atoms with van der Waals surface area (Å²) < 4.78 is 14.9. The van der Waals surface area contributed by atoms with Crippen molar-refractivity contribution in [2.24, 2.45) is 20.5 Å². The Hall–Kier alpha value is -4.00. The summed E-state index contributed by atoms with van der Waals surface area (Å²) in [5.41, 5.74) is 3.17. The zero-order chi connectivity index (χ0) is 36.6. The molecule has 1 aromatic heterocycles. The Labute approximate surface area is 331 Å². The number of halogens is 1. The number of thioether (sulfide) groups is 1. The van der Waals surface area contributed by atoms with Gasteiger partial charge in [-0.3, -0.25) is 0 Å². The molecule has 0 atom stereocenters. The van der Waals surface area contributed by atoms with E-state index in [0.717, 1.165) is 27.8 Å². The maximum atomic E-state index is 14.9. The molecule has 5 aromatic carbocycles. The van der Waals surface area contributed by atoms with Crippen LogP contribution in [0.3, 0.4) is 0 Å². The van der Waals surface area contributed by atoms with Gasteiger partial charge in [0.2, 0.25) is 11.9 Å². The number of anilines is 4. The van der Waals surface area contributed by atoms with Crippen LogP contribution in [0.1, 0.15) is 0 Å². The number of rotatable bonds is 13. The monoisotopic (exact) mass is 803 g/mol. The standard InChI is InChI=1S/C35H30FN9OS6/c36-33-38-34(40-35(39-33)45(14-16-52-17-15-47)22-4-2-1-3-5-22)37-27-13-11-24-25(32(27)51)19-29(50)30(31(24)46)44-43-26-12-8-21(18-28(26)49)42-41-20-6-9-23(48)10-7-20/h1-13,18-19,46-51H,14-17H2,(H,37,38,39,40). The van der Waals surface area contributed by atoms with E-state index in [9.17, 15) is 9.50 Å². The lowest BCUT2D eigenvalue weighted by molar-refractivity contribution is 0.481. The summed E-state index contributed by atoms with van der Waals surface area (Å²) in [6.45, 7) is 0.544. The predicted molar refractivity (Wildman–Crippen MR) is 224 cm³/mol. The average molecular weight is 804 g/mol. The maximum absolute atomic E-state index is 14.9. The van der Waals surface area contributed by atoms with Crippen LogP contribution in [0.2, 0.25) is 0 Å². The average Bonchev–Trinajstić information content (AvgIpc) is 3.13. The Morgan fingerprint density at radius 1 is 0.750 bits per heavy atom. The van der Waals surface area contributed by atoms with Crippen LogP contribution in [0, 0.1) is 6.08 Å². The fourth-order valence-electron chi connectivity index (χ4n) is 4.92. The van der Waals surface area contributed by atoms with Gasteiger partial charge in [0.05, 0.1) is 22.7 Å². The molecule has 0 unspecified atom stereocenters. The van der Waals surface area contributed by atoms with E-state index in [4.69, 9.17) is 12.6 Å². The van der Waals surface area contributed by atoms with Crippen molar-refractivity contribution in [3.63, 3.8) is 0 Å². The van der Waals surface area contributed by atoms with Gasteiger partial charge >= 0.3 is 6.08 Å². The van der Waals surface area contributed by atoms with Crippen LogP contribution < -0.4 is 10.2 Å². The second-order valence-electron chi connectivity index (χ2n) is 10.9. The summed E-state index contributed by atoms with van der Waals surface area (Å²) in [5.74, 6) is 2.41. The highest BCUT2D eigenvalue weighted by molar-refractivity contribution is 8.00. The fourth-order valence-corrected chi connectivity index (χ4v) is 6.95. The van der Waals surface area contributed by atoms with Crippen molar-refractivity contribution in [2.45, 2.75) is 19.6 Å². The van der Waals surface area contributed by atoms with Gasteiger partial charge in [0.25, 0.3) is 0 Å². The Kier molecular flexibility index (Phi) is 12.8. The van der Waals surface area contributed by atoms with E-state index in [2.05, 4.69) is 91.2 Å². The van der Waals surface area contributed by atoms with Crippen LogP contribution >= 0.6 is 74.9 Å². The molecule has 1 heterocycles. The molecule has 264 valence electrons. The van der Waals surface area contributed by atoms with E-state index in [1.807, 2.05) is 59.5 Å². The smallest absolute Gasteiger partial charge is 0.315 e. The molecule has 0 radical (unpaired) electrons. The first-order valence-corrected chi connectivity index (χ1v) is 19.1. The maximum Gasteiger partial charge on any atom is 0.315 e. The van der Waals surface area contributed by atoms with E-state index >= 15 is 0 Å². The zero-order valence-corrected chi connectivity index (χ0v) is 32.3. The normalized spacial score (nSPS) is 11.6. The minimum Gasteiger partial charge on any atom is -0.505 e. The lowest BCUT2D eigenvalue weighted by Gasteiger charge is -2.23. The van der Waals surface area contributed by atoms with Crippen LogP contribution in [0.15, 0.2) is 131 Å². The van der Waals surface area contributed by atoms with E-state index in [1.54, 1.807) is 48.2 Å². The molecule has 2 N–H and O–H groups in total. The number of hydrogen-bond acceptors (Lipinski definition) is 16. The van der Waals surface area contributed by atoms with Gasteiger partial charge in [0.1, 0.15) is 5.69 Å². The van der Waals surface area contributed by atoms with Crippen molar-refractivity contribution in [1.82, 2.24) is 15.0 Å². The molecule has 6 rings (SSSR count). The predicted octanol–water partition coefficient (Wildman–Crippen LogP) is 11.4. The Morgan fingerprint density at radius 2 is 1.50 bits per heavy atom. The van der Waals surface area contributed by atoms with Crippen molar-refractivity contribution in [3.05, 3.63) is 97.1 Å². The molecule has 0 saturated heterocycles. The van der Waals surface area contributed by atoms with Gasteiger partial charge in [-0.15, -0.1) is 60.7 Å². The summed E-state index contributed by atoms with van der Waals surface area (Å²) in [6.07, 6.45) is -0.939. The van der Waals surface area contributed by atoms with Crippen LogP contribution in [-0.2, 0) is 0 Å². The topological polar surface area (TPSA) is 124 Å². The van der Waals surface area contributed by atoms with E-state index < -0.39 is 6.08 Å². The Balaban J connectivity index is 1.23. The van der Waals surface area contributed by atoms with Gasteiger partial charge in [0.15, 0.2) is 5.75 Å². The molecule has 0 aliphatic carbocycles. The number of azo groups is 2. The van der Waals surface area contributed by atoms with Crippen molar-refractivity contribution in [3.8, 4) is 5.75 Å². The van der Waals surface area contributed by atoms with Crippen molar-refractivity contribution >= 4 is 132 Å². The molecule has 0 fully saturated rings. The number of hydrogen-bond donors (Lipinski definition) is 7. The van der Waals surface area contributed by atoms with Crippen LogP contribution in [-0.4, -0.2) is 43.9 Å².